The lowest BCUT2D eigenvalue weighted by Crippen LogP contribution is -2.33. The maximum Gasteiger partial charge on any atom is 0.215 e. The van der Waals surface area contributed by atoms with E-state index in [-0.39, 0.29) is 11.8 Å². The second kappa shape index (κ2) is 6.56. The average molecular weight is 373 g/mol. The predicted octanol–water partition coefficient (Wildman–Crippen LogP) is 4.04. The molecule has 0 bridgehead atoms. The van der Waals surface area contributed by atoms with Gasteiger partial charge < -0.3 is 14.6 Å². The molecule has 140 valence electrons. The number of hydrogen-bond donors (Lipinski definition) is 1. The van der Waals surface area contributed by atoms with Gasteiger partial charge in [-0.1, -0.05) is 30.3 Å². The molecule has 2 unspecified atom stereocenters. The highest BCUT2D eigenvalue weighted by molar-refractivity contribution is 6.04. The molecule has 6 nitrogen and oxygen atoms in total. The molecule has 3 aromatic rings. The summed E-state index contributed by atoms with van der Waals surface area (Å²) in [4.78, 5) is 4.24. The van der Waals surface area contributed by atoms with Gasteiger partial charge in [0.05, 0.1) is 18.9 Å². The fraction of sp³-hybridized carbons (Fsp3) is 0.182. The Morgan fingerprint density at radius 1 is 1.11 bits per heavy atom. The lowest BCUT2D eigenvalue weighted by Gasteiger charge is -2.38. The second-order valence-electron chi connectivity index (χ2n) is 6.80. The molecule has 1 aromatic heterocycles. The van der Waals surface area contributed by atoms with Crippen molar-refractivity contribution in [1.29, 1.82) is 0 Å². The van der Waals surface area contributed by atoms with E-state index in [9.17, 15) is 5.11 Å². The Kier molecular flexibility index (Phi) is 3.90. The van der Waals surface area contributed by atoms with Crippen molar-refractivity contribution in [2.45, 2.75) is 18.7 Å². The van der Waals surface area contributed by atoms with E-state index in [4.69, 9.17) is 14.6 Å². The minimum absolute atomic E-state index is 0.0151. The van der Waals surface area contributed by atoms with Crippen molar-refractivity contribution in [2.75, 3.05) is 7.11 Å². The number of ether oxygens (including phenoxy) is 2. The van der Waals surface area contributed by atoms with Crippen LogP contribution < -0.4 is 9.47 Å². The standard InChI is InChI=1S/C22H19N3O3/c1-27-20-10-4-8-16-18-12-17(15-7-2-3-9-19(15)26)24-25(18)22(28-21(16)20)14-6-5-11-23-13-14/h2-11,13,18,22,26H,12H2,1H3. The van der Waals surface area contributed by atoms with Gasteiger partial charge in [0.1, 0.15) is 5.75 Å². The van der Waals surface area contributed by atoms with Crippen LogP contribution in [0, 0.1) is 0 Å². The first-order valence-corrected chi connectivity index (χ1v) is 9.14. The number of para-hydroxylation sites is 2. The molecule has 6 heteroatoms. The van der Waals surface area contributed by atoms with Gasteiger partial charge in [-0.25, -0.2) is 5.01 Å². The van der Waals surface area contributed by atoms with Gasteiger partial charge in [0.15, 0.2) is 11.5 Å². The number of rotatable bonds is 3. The molecule has 28 heavy (non-hydrogen) atoms. The summed E-state index contributed by atoms with van der Waals surface area (Å²) in [6.45, 7) is 0. The summed E-state index contributed by atoms with van der Waals surface area (Å²) in [6, 6.07) is 17.0. The summed E-state index contributed by atoms with van der Waals surface area (Å²) < 4.78 is 11.9. The summed E-state index contributed by atoms with van der Waals surface area (Å²) in [7, 11) is 1.64. The second-order valence-corrected chi connectivity index (χ2v) is 6.80. The maximum atomic E-state index is 10.3. The van der Waals surface area contributed by atoms with Crippen molar-refractivity contribution in [2.24, 2.45) is 5.10 Å². The van der Waals surface area contributed by atoms with Gasteiger partial charge in [-0.15, -0.1) is 0 Å². The van der Waals surface area contributed by atoms with Gasteiger partial charge in [0, 0.05) is 35.5 Å². The van der Waals surface area contributed by atoms with Crippen LogP contribution in [-0.2, 0) is 0 Å². The summed E-state index contributed by atoms with van der Waals surface area (Å²) in [6.07, 6.45) is 3.76. The number of hydrazone groups is 1. The molecule has 0 aliphatic carbocycles. The Balaban J connectivity index is 1.64. The van der Waals surface area contributed by atoms with E-state index >= 15 is 0 Å². The molecule has 2 aliphatic heterocycles. The van der Waals surface area contributed by atoms with Gasteiger partial charge in [0.25, 0.3) is 0 Å². The van der Waals surface area contributed by atoms with Crippen molar-refractivity contribution < 1.29 is 14.6 Å². The fourth-order valence-corrected chi connectivity index (χ4v) is 3.87. The lowest BCUT2D eigenvalue weighted by atomic mass is 9.95. The average Bonchev–Trinajstić information content (AvgIpc) is 3.19. The molecule has 5 rings (SSSR count). The van der Waals surface area contributed by atoms with Crippen LogP contribution in [0.5, 0.6) is 17.2 Å². The van der Waals surface area contributed by atoms with Crippen LogP contribution in [0.3, 0.4) is 0 Å². The number of hydrogen-bond acceptors (Lipinski definition) is 6. The van der Waals surface area contributed by atoms with Crippen LogP contribution in [0.4, 0.5) is 0 Å². The molecule has 0 radical (unpaired) electrons. The van der Waals surface area contributed by atoms with E-state index in [1.54, 1.807) is 25.6 Å². The Morgan fingerprint density at radius 2 is 2.00 bits per heavy atom. The molecule has 2 aliphatic rings. The number of phenolic OH excluding ortho intramolecular Hbond substituents is 1. The molecule has 3 heterocycles. The number of phenols is 1. The fourth-order valence-electron chi connectivity index (χ4n) is 3.87. The summed E-state index contributed by atoms with van der Waals surface area (Å²) in [5.41, 5.74) is 3.50. The molecule has 0 amide bonds. The highest BCUT2D eigenvalue weighted by Crippen LogP contribution is 2.50. The Hall–Kier alpha value is -3.54. The largest absolute Gasteiger partial charge is 0.507 e. The van der Waals surface area contributed by atoms with Crippen molar-refractivity contribution in [3.05, 3.63) is 83.7 Å². The summed E-state index contributed by atoms with van der Waals surface area (Å²) in [5.74, 6) is 1.65. The smallest absolute Gasteiger partial charge is 0.215 e. The minimum Gasteiger partial charge on any atom is -0.507 e. The molecule has 1 N–H and O–H groups in total. The number of aromatic hydroxyl groups is 1. The summed E-state index contributed by atoms with van der Waals surface area (Å²) >= 11 is 0. The number of nitrogens with zero attached hydrogens (tertiary/aromatic N) is 3. The number of methoxy groups -OCH3 is 1. The van der Waals surface area contributed by atoms with E-state index in [0.717, 1.165) is 28.2 Å². The van der Waals surface area contributed by atoms with Crippen molar-refractivity contribution in [3.8, 4) is 17.2 Å². The SMILES string of the molecule is COc1cccc2c1OC(c1cccnc1)N1N=C(c3ccccc3O)CC21. The first kappa shape index (κ1) is 16.6. The van der Waals surface area contributed by atoms with Crippen LogP contribution in [0.2, 0.25) is 0 Å². The van der Waals surface area contributed by atoms with E-state index in [2.05, 4.69) is 4.98 Å². The van der Waals surface area contributed by atoms with Crippen molar-refractivity contribution in [3.63, 3.8) is 0 Å². The number of pyridine rings is 1. The van der Waals surface area contributed by atoms with Crippen molar-refractivity contribution >= 4 is 5.71 Å². The van der Waals surface area contributed by atoms with Gasteiger partial charge in [-0.05, 0) is 24.3 Å². The molecular formula is C22H19N3O3. The highest BCUT2D eigenvalue weighted by Gasteiger charge is 2.42. The molecule has 2 aromatic carbocycles. The van der Waals surface area contributed by atoms with Crippen LogP contribution in [0.1, 0.15) is 35.4 Å². The third-order valence-electron chi connectivity index (χ3n) is 5.18. The Labute approximate surface area is 162 Å². The molecule has 0 spiro atoms. The zero-order chi connectivity index (χ0) is 19.1. The molecule has 0 saturated carbocycles. The monoisotopic (exact) mass is 373 g/mol. The molecule has 0 saturated heterocycles. The quantitative estimate of drug-likeness (QED) is 0.751. The Bertz CT molecular complexity index is 1050. The van der Waals surface area contributed by atoms with E-state index in [1.165, 1.54) is 0 Å². The van der Waals surface area contributed by atoms with Crippen molar-refractivity contribution in [1.82, 2.24) is 9.99 Å². The molecule has 2 atom stereocenters. The van der Waals surface area contributed by atoms with E-state index in [1.807, 2.05) is 53.5 Å². The van der Waals surface area contributed by atoms with Crippen LogP contribution in [0.25, 0.3) is 0 Å². The minimum atomic E-state index is -0.425. The van der Waals surface area contributed by atoms with Crippen LogP contribution in [-0.4, -0.2) is 27.9 Å². The van der Waals surface area contributed by atoms with Crippen LogP contribution >= 0.6 is 0 Å². The van der Waals surface area contributed by atoms with Gasteiger partial charge in [-0.3, -0.25) is 4.98 Å². The topological polar surface area (TPSA) is 67.2 Å². The first-order valence-electron chi connectivity index (χ1n) is 9.14. The number of aromatic nitrogens is 1. The normalized spacial score (nSPS) is 20.0. The number of benzene rings is 2. The zero-order valence-corrected chi connectivity index (χ0v) is 15.3. The Morgan fingerprint density at radius 3 is 2.79 bits per heavy atom. The maximum absolute atomic E-state index is 10.3. The third kappa shape index (κ3) is 2.57. The van der Waals surface area contributed by atoms with E-state index in [0.29, 0.717) is 12.2 Å². The first-order chi connectivity index (χ1) is 13.8. The predicted molar refractivity (Wildman–Crippen MR) is 104 cm³/mol. The summed E-state index contributed by atoms with van der Waals surface area (Å²) in [5, 5.41) is 17.1. The lowest BCUT2D eigenvalue weighted by molar-refractivity contribution is -0.0211. The zero-order valence-electron chi connectivity index (χ0n) is 15.3. The van der Waals surface area contributed by atoms with Gasteiger partial charge in [0.2, 0.25) is 6.23 Å². The number of fused-ring (bicyclic) bond motifs is 3. The highest BCUT2D eigenvalue weighted by atomic mass is 16.5. The molecule has 0 fully saturated rings. The van der Waals surface area contributed by atoms with Crippen LogP contribution in [0.15, 0.2) is 72.1 Å². The molecular weight excluding hydrogens is 354 g/mol. The van der Waals surface area contributed by atoms with Gasteiger partial charge >= 0.3 is 0 Å². The van der Waals surface area contributed by atoms with Gasteiger partial charge in [-0.2, -0.15) is 5.10 Å². The van der Waals surface area contributed by atoms with E-state index < -0.39 is 6.23 Å². The third-order valence-corrected chi connectivity index (χ3v) is 5.18.